The largest absolute Gasteiger partial charge is 0.497 e. The fraction of sp³-hybridized carbons (Fsp3) is 0.333. The summed E-state index contributed by atoms with van der Waals surface area (Å²) in [6.07, 6.45) is 1.36. The maximum Gasteiger partial charge on any atom is 0.232 e. The molecular formula is C21H21Cl2NO3S. The molecule has 0 atom stereocenters. The zero-order valence-electron chi connectivity index (χ0n) is 15.5. The Balaban J connectivity index is 1.50. The summed E-state index contributed by atoms with van der Waals surface area (Å²) in [5.74, 6) is 1.17. The van der Waals surface area contributed by atoms with Crippen LogP contribution in [0, 0.1) is 5.92 Å². The monoisotopic (exact) mass is 437 g/mol. The van der Waals surface area contributed by atoms with E-state index in [2.05, 4.69) is 0 Å². The van der Waals surface area contributed by atoms with E-state index in [0.29, 0.717) is 47.3 Å². The summed E-state index contributed by atoms with van der Waals surface area (Å²) < 4.78 is 5.13. The average Bonchev–Trinajstić information content (AvgIpc) is 2.73. The van der Waals surface area contributed by atoms with Crippen LogP contribution in [-0.4, -0.2) is 42.5 Å². The lowest BCUT2D eigenvalue weighted by Crippen LogP contribution is -2.41. The Labute approximate surface area is 179 Å². The van der Waals surface area contributed by atoms with Gasteiger partial charge >= 0.3 is 0 Å². The van der Waals surface area contributed by atoms with Gasteiger partial charge in [0.05, 0.1) is 17.9 Å². The molecule has 2 aromatic carbocycles. The highest BCUT2D eigenvalue weighted by molar-refractivity contribution is 8.00. The molecule has 1 amide bonds. The maximum absolute atomic E-state index is 12.7. The number of nitrogens with zero attached hydrogens (tertiary/aromatic N) is 1. The lowest BCUT2D eigenvalue weighted by atomic mass is 9.89. The van der Waals surface area contributed by atoms with Gasteiger partial charge in [0, 0.05) is 34.5 Å². The first kappa shape index (κ1) is 21.0. The lowest BCUT2D eigenvalue weighted by molar-refractivity contribution is -0.129. The van der Waals surface area contributed by atoms with Crippen LogP contribution >= 0.6 is 35.0 Å². The number of rotatable bonds is 6. The molecule has 1 fully saturated rings. The molecule has 7 heteroatoms. The molecule has 3 rings (SSSR count). The number of hydrogen-bond acceptors (Lipinski definition) is 4. The number of hydrogen-bond donors (Lipinski definition) is 0. The van der Waals surface area contributed by atoms with E-state index in [9.17, 15) is 9.59 Å². The van der Waals surface area contributed by atoms with E-state index in [1.165, 1.54) is 11.8 Å². The van der Waals surface area contributed by atoms with Crippen LogP contribution in [0.15, 0.2) is 47.4 Å². The van der Waals surface area contributed by atoms with Crippen molar-refractivity contribution in [1.29, 1.82) is 0 Å². The molecule has 0 saturated carbocycles. The first-order valence-electron chi connectivity index (χ1n) is 9.02. The standard InChI is InChI=1S/C21H21Cl2NO3S/c1-27-17-5-2-14(3-6-17)21(26)15-8-10-24(11-9-15)20(25)13-28-19-12-16(22)4-7-18(19)23/h2-7,12,15H,8-11,13H2,1H3. The number of Topliss-reactive ketones (excluding diaryl/α,β-unsaturated/α-hetero) is 1. The van der Waals surface area contributed by atoms with Crippen LogP contribution < -0.4 is 4.74 Å². The summed E-state index contributed by atoms with van der Waals surface area (Å²) in [4.78, 5) is 27.8. The van der Waals surface area contributed by atoms with Crippen molar-refractivity contribution >= 4 is 46.7 Å². The van der Waals surface area contributed by atoms with Crippen molar-refractivity contribution in [1.82, 2.24) is 4.90 Å². The summed E-state index contributed by atoms with van der Waals surface area (Å²) >= 11 is 13.5. The van der Waals surface area contributed by atoms with Crippen LogP contribution in [-0.2, 0) is 4.79 Å². The molecule has 0 aliphatic carbocycles. The van der Waals surface area contributed by atoms with Gasteiger partial charge in [-0.3, -0.25) is 9.59 Å². The third-order valence-corrected chi connectivity index (χ3v) is 6.55. The lowest BCUT2D eigenvalue weighted by Gasteiger charge is -2.31. The summed E-state index contributed by atoms with van der Waals surface area (Å²) in [6, 6.07) is 12.4. The van der Waals surface area contributed by atoms with Crippen LogP contribution in [0.3, 0.4) is 0 Å². The van der Waals surface area contributed by atoms with E-state index in [0.717, 1.165) is 10.6 Å². The van der Waals surface area contributed by atoms with Crippen LogP contribution in [0.2, 0.25) is 10.0 Å². The second-order valence-corrected chi connectivity index (χ2v) is 8.47. The maximum atomic E-state index is 12.7. The molecule has 1 aliphatic rings. The zero-order valence-corrected chi connectivity index (χ0v) is 17.8. The number of thioether (sulfide) groups is 1. The molecule has 1 heterocycles. The quantitative estimate of drug-likeness (QED) is 0.459. The van der Waals surface area contributed by atoms with Crippen molar-refractivity contribution in [3.05, 3.63) is 58.1 Å². The fourth-order valence-electron chi connectivity index (χ4n) is 3.20. The molecule has 2 aromatic rings. The Bertz CT molecular complexity index is 849. The van der Waals surface area contributed by atoms with Crippen molar-refractivity contribution in [3.8, 4) is 5.75 Å². The van der Waals surface area contributed by atoms with E-state index in [4.69, 9.17) is 27.9 Å². The van der Waals surface area contributed by atoms with E-state index in [1.54, 1.807) is 49.6 Å². The van der Waals surface area contributed by atoms with E-state index in [1.807, 2.05) is 4.90 Å². The Morgan fingerprint density at radius 2 is 1.79 bits per heavy atom. The average molecular weight is 438 g/mol. The van der Waals surface area contributed by atoms with Crippen LogP contribution in [0.25, 0.3) is 0 Å². The number of benzene rings is 2. The summed E-state index contributed by atoms with van der Waals surface area (Å²) in [5.41, 5.74) is 0.691. The van der Waals surface area contributed by atoms with Crippen molar-refractivity contribution < 1.29 is 14.3 Å². The van der Waals surface area contributed by atoms with Crippen molar-refractivity contribution in [2.45, 2.75) is 17.7 Å². The van der Waals surface area contributed by atoms with Gasteiger partial charge in [-0.05, 0) is 55.3 Å². The van der Waals surface area contributed by atoms with Crippen molar-refractivity contribution in [2.24, 2.45) is 5.92 Å². The van der Waals surface area contributed by atoms with Crippen molar-refractivity contribution in [3.63, 3.8) is 0 Å². The Kier molecular flexibility index (Phi) is 7.27. The highest BCUT2D eigenvalue weighted by atomic mass is 35.5. The number of ether oxygens (including phenoxy) is 1. The number of amides is 1. The minimum Gasteiger partial charge on any atom is -0.497 e. The number of piperidine rings is 1. The smallest absolute Gasteiger partial charge is 0.232 e. The van der Waals surface area contributed by atoms with Gasteiger partial charge in [-0.25, -0.2) is 0 Å². The van der Waals surface area contributed by atoms with Crippen molar-refractivity contribution in [2.75, 3.05) is 26.0 Å². The predicted molar refractivity (Wildman–Crippen MR) is 114 cm³/mol. The number of halogens is 2. The van der Waals surface area contributed by atoms with Gasteiger partial charge in [-0.15, -0.1) is 11.8 Å². The van der Waals surface area contributed by atoms with E-state index < -0.39 is 0 Å². The number of ketones is 1. The molecule has 0 unspecified atom stereocenters. The predicted octanol–water partition coefficient (Wildman–Crippen LogP) is 5.22. The number of methoxy groups -OCH3 is 1. The highest BCUT2D eigenvalue weighted by Gasteiger charge is 2.28. The van der Waals surface area contributed by atoms with Crippen LogP contribution in [0.1, 0.15) is 23.2 Å². The number of likely N-dealkylation sites (tertiary alicyclic amines) is 1. The molecule has 148 valence electrons. The van der Waals surface area contributed by atoms with Gasteiger partial charge in [0.2, 0.25) is 5.91 Å². The third-order valence-electron chi connectivity index (χ3n) is 4.84. The first-order valence-corrected chi connectivity index (χ1v) is 10.8. The van der Waals surface area contributed by atoms with Gasteiger partial charge in [0.25, 0.3) is 0 Å². The van der Waals surface area contributed by atoms with Gasteiger partial charge in [-0.1, -0.05) is 23.2 Å². The zero-order chi connectivity index (χ0) is 20.1. The van der Waals surface area contributed by atoms with E-state index >= 15 is 0 Å². The Hall–Kier alpha value is -1.69. The minimum absolute atomic E-state index is 0.0486. The van der Waals surface area contributed by atoms with Gasteiger partial charge in [-0.2, -0.15) is 0 Å². The molecule has 1 aliphatic heterocycles. The topological polar surface area (TPSA) is 46.6 Å². The first-order chi connectivity index (χ1) is 13.5. The molecule has 4 nitrogen and oxygen atoms in total. The third kappa shape index (κ3) is 5.22. The molecule has 1 saturated heterocycles. The summed E-state index contributed by atoms with van der Waals surface area (Å²) in [6.45, 7) is 1.18. The van der Waals surface area contributed by atoms with Gasteiger partial charge < -0.3 is 9.64 Å². The molecule has 0 aromatic heterocycles. The highest BCUT2D eigenvalue weighted by Crippen LogP contribution is 2.30. The number of carbonyl (C=O) groups is 2. The minimum atomic E-state index is -0.0486. The second kappa shape index (κ2) is 9.68. The Morgan fingerprint density at radius 3 is 2.43 bits per heavy atom. The summed E-state index contributed by atoms with van der Waals surface area (Å²) in [5, 5.41) is 1.18. The van der Waals surface area contributed by atoms with Gasteiger partial charge in [0.15, 0.2) is 5.78 Å². The molecule has 0 spiro atoms. The molecule has 0 radical (unpaired) electrons. The SMILES string of the molecule is COc1ccc(C(=O)C2CCN(C(=O)CSc3cc(Cl)ccc3Cl)CC2)cc1. The molecule has 0 N–H and O–H groups in total. The normalized spacial score (nSPS) is 14.8. The second-order valence-electron chi connectivity index (χ2n) is 6.61. The van der Waals surface area contributed by atoms with Crippen LogP contribution in [0.4, 0.5) is 0 Å². The molecular weight excluding hydrogens is 417 g/mol. The fourth-order valence-corrected chi connectivity index (χ4v) is 4.60. The molecule has 28 heavy (non-hydrogen) atoms. The van der Waals surface area contributed by atoms with Gasteiger partial charge in [0.1, 0.15) is 5.75 Å². The molecule has 0 bridgehead atoms. The van der Waals surface area contributed by atoms with E-state index in [-0.39, 0.29) is 17.6 Å². The summed E-state index contributed by atoms with van der Waals surface area (Å²) in [7, 11) is 1.60. The van der Waals surface area contributed by atoms with Crippen LogP contribution in [0.5, 0.6) is 5.75 Å². The number of carbonyl (C=O) groups excluding carboxylic acids is 2. The Morgan fingerprint density at radius 1 is 1.11 bits per heavy atom.